The number of carbonyl (C=O) groups excluding carboxylic acids is 1. The Kier molecular flexibility index (Phi) is 1.60. The monoisotopic (exact) mass is 155 g/mol. The second-order valence-electron chi connectivity index (χ2n) is 3.29. The van der Waals surface area contributed by atoms with Crippen molar-refractivity contribution < 1.29 is 9.53 Å². The van der Waals surface area contributed by atoms with Crippen molar-refractivity contribution >= 4 is 5.97 Å². The highest BCUT2D eigenvalue weighted by molar-refractivity contribution is 5.75. The van der Waals surface area contributed by atoms with E-state index in [2.05, 4.69) is 5.32 Å². The van der Waals surface area contributed by atoms with E-state index in [-0.39, 0.29) is 11.9 Å². The maximum Gasteiger partial charge on any atom is 0.310 e. The molecule has 1 saturated carbocycles. The Bertz CT molecular complexity index is 167. The van der Waals surface area contributed by atoms with Gasteiger partial charge < -0.3 is 10.1 Å². The summed E-state index contributed by atoms with van der Waals surface area (Å²) in [5, 5.41) is 3.28. The Labute approximate surface area is 66.1 Å². The van der Waals surface area contributed by atoms with E-state index in [1.54, 1.807) is 0 Å². The molecule has 3 rings (SSSR count). The van der Waals surface area contributed by atoms with Gasteiger partial charge in [0, 0.05) is 6.04 Å². The molecule has 2 aliphatic heterocycles. The second kappa shape index (κ2) is 2.48. The molecule has 2 saturated heterocycles. The zero-order valence-electron chi connectivity index (χ0n) is 6.67. The van der Waals surface area contributed by atoms with Crippen LogP contribution in [0.15, 0.2) is 0 Å². The normalized spacial score (nSPS) is 39.9. The summed E-state index contributed by atoms with van der Waals surface area (Å²) < 4.78 is 4.95. The molecule has 0 aromatic carbocycles. The fraction of sp³-hybridized carbons (Fsp3) is 0.875. The van der Waals surface area contributed by atoms with E-state index >= 15 is 0 Å². The van der Waals surface area contributed by atoms with Crippen LogP contribution in [0.5, 0.6) is 0 Å². The van der Waals surface area contributed by atoms with Crippen molar-refractivity contribution in [2.24, 2.45) is 11.8 Å². The van der Waals surface area contributed by atoms with Gasteiger partial charge in [0.25, 0.3) is 0 Å². The number of nitrogens with one attached hydrogen (secondary N) is 1. The molecule has 0 aromatic heterocycles. The summed E-state index contributed by atoms with van der Waals surface area (Å²) in [5.41, 5.74) is 0. The highest BCUT2D eigenvalue weighted by Gasteiger charge is 2.51. The molecule has 0 aromatic rings. The molecule has 0 spiro atoms. The smallest absolute Gasteiger partial charge is 0.310 e. The summed E-state index contributed by atoms with van der Waals surface area (Å²) in [4.78, 5) is 11.2. The number of ether oxygens (including phenoxy) is 1. The largest absolute Gasteiger partial charge is 0.466 e. The van der Waals surface area contributed by atoms with Crippen LogP contribution in [0.25, 0.3) is 0 Å². The van der Waals surface area contributed by atoms with E-state index in [1.807, 2.05) is 6.92 Å². The van der Waals surface area contributed by atoms with Gasteiger partial charge in [0.05, 0.1) is 12.5 Å². The zero-order valence-corrected chi connectivity index (χ0v) is 6.67. The lowest BCUT2D eigenvalue weighted by Crippen LogP contribution is -2.43. The maximum absolute atomic E-state index is 11.2. The number of hydrogen-bond acceptors (Lipinski definition) is 3. The van der Waals surface area contributed by atoms with Crippen LogP contribution in [0.1, 0.15) is 13.3 Å². The minimum atomic E-state index is -0.00116. The molecular formula is C8H13NO2. The van der Waals surface area contributed by atoms with Crippen LogP contribution in [0.2, 0.25) is 0 Å². The lowest BCUT2D eigenvalue weighted by Gasteiger charge is -2.31. The summed E-state index contributed by atoms with van der Waals surface area (Å²) in [5.74, 6) is 0.743. The predicted molar refractivity (Wildman–Crippen MR) is 40.0 cm³/mol. The first-order valence-electron chi connectivity index (χ1n) is 4.23. The van der Waals surface area contributed by atoms with Gasteiger partial charge in [-0.3, -0.25) is 4.79 Å². The maximum atomic E-state index is 11.2. The molecule has 3 fully saturated rings. The summed E-state index contributed by atoms with van der Waals surface area (Å²) in [6.45, 7) is 3.37. The molecular weight excluding hydrogens is 142 g/mol. The molecule has 2 bridgehead atoms. The van der Waals surface area contributed by atoms with Crippen molar-refractivity contribution in [3.8, 4) is 0 Å². The Balaban J connectivity index is 1.92. The third-order valence-electron chi connectivity index (χ3n) is 2.70. The van der Waals surface area contributed by atoms with Crippen LogP contribution in [-0.2, 0) is 9.53 Å². The molecule has 3 heteroatoms. The third kappa shape index (κ3) is 0.948. The predicted octanol–water partition coefficient (Wildman–Crippen LogP) is 0.157. The van der Waals surface area contributed by atoms with Crippen molar-refractivity contribution in [3.63, 3.8) is 0 Å². The van der Waals surface area contributed by atoms with Crippen molar-refractivity contribution in [3.05, 3.63) is 0 Å². The highest BCUT2D eigenvalue weighted by Crippen LogP contribution is 2.40. The Hall–Kier alpha value is -0.570. The topological polar surface area (TPSA) is 38.3 Å². The molecule has 11 heavy (non-hydrogen) atoms. The van der Waals surface area contributed by atoms with Crippen molar-refractivity contribution in [2.45, 2.75) is 19.4 Å². The molecule has 3 unspecified atom stereocenters. The molecule has 0 radical (unpaired) electrons. The number of carbonyl (C=O) groups is 1. The van der Waals surface area contributed by atoms with E-state index < -0.39 is 0 Å². The van der Waals surface area contributed by atoms with E-state index in [0.29, 0.717) is 18.6 Å². The quantitative estimate of drug-likeness (QED) is 0.577. The first kappa shape index (κ1) is 7.10. The van der Waals surface area contributed by atoms with Gasteiger partial charge in [-0.05, 0) is 25.8 Å². The lowest BCUT2D eigenvalue weighted by atomic mass is 9.74. The van der Waals surface area contributed by atoms with Crippen molar-refractivity contribution in [2.75, 3.05) is 13.2 Å². The summed E-state index contributed by atoms with van der Waals surface area (Å²) in [6.07, 6.45) is 1.17. The minimum absolute atomic E-state index is 0.00116. The van der Waals surface area contributed by atoms with E-state index in [9.17, 15) is 4.79 Å². The number of esters is 1. The Morgan fingerprint density at radius 2 is 2.55 bits per heavy atom. The van der Waals surface area contributed by atoms with Gasteiger partial charge in [0.2, 0.25) is 0 Å². The number of fused-ring (bicyclic) bond motifs is 1. The van der Waals surface area contributed by atoms with Gasteiger partial charge in [0.15, 0.2) is 0 Å². The van der Waals surface area contributed by atoms with Gasteiger partial charge >= 0.3 is 5.97 Å². The Morgan fingerprint density at radius 1 is 1.73 bits per heavy atom. The first-order valence-corrected chi connectivity index (χ1v) is 4.23. The lowest BCUT2D eigenvalue weighted by molar-refractivity contribution is -0.153. The van der Waals surface area contributed by atoms with Gasteiger partial charge in [-0.25, -0.2) is 0 Å². The van der Waals surface area contributed by atoms with Crippen LogP contribution >= 0.6 is 0 Å². The van der Waals surface area contributed by atoms with Crippen molar-refractivity contribution in [1.82, 2.24) is 5.32 Å². The fourth-order valence-electron chi connectivity index (χ4n) is 2.07. The van der Waals surface area contributed by atoms with Crippen LogP contribution in [0.3, 0.4) is 0 Å². The van der Waals surface area contributed by atoms with Gasteiger partial charge in [0.1, 0.15) is 0 Å². The van der Waals surface area contributed by atoms with Gasteiger partial charge in [-0.15, -0.1) is 0 Å². The van der Waals surface area contributed by atoms with E-state index in [1.165, 1.54) is 6.42 Å². The molecule has 0 amide bonds. The van der Waals surface area contributed by atoms with E-state index in [0.717, 1.165) is 6.54 Å². The standard InChI is InChI=1S/C8H13NO2/c1-2-11-8(10)7-5-3-6(7)9-4-5/h5-7,9H,2-4H2,1H3. The average molecular weight is 155 g/mol. The van der Waals surface area contributed by atoms with E-state index in [4.69, 9.17) is 4.74 Å². The molecule has 1 N–H and O–H groups in total. The SMILES string of the molecule is CCOC(=O)C1C2CNC1C2. The summed E-state index contributed by atoms with van der Waals surface area (Å²) in [7, 11) is 0. The Morgan fingerprint density at radius 3 is 3.00 bits per heavy atom. The van der Waals surface area contributed by atoms with Crippen molar-refractivity contribution in [1.29, 1.82) is 0 Å². The summed E-state index contributed by atoms with van der Waals surface area (Å²) in [6, 6.07) is 0.430. The number of hydrogen-bond donors (Lipinski definition) is 1. The average Bonchev–Trinajstić information content (AvgIpc) is 2.44. The van der Waals surface area contributed by atoms with Gasteiger partial charge in [-0.2, -0.15) is 0 Å². The molecule has 62 valence electrons. The third-order valence-corrected chi connectivity index (χ3v) is 2.70. The summed E-state index contributed by atoms with van der Waals surface area (Å²) >= 11 is 0. The number of rotatable bonds is 2. The molecule has 3 atom stereocenters. The van der Waals surface area contributed by atoms with Crippen LogP contribution in [0.4, 0.5) is 0 Å². The second-order valence-corrected chi connectivity index (χ2v) is 3.29. The molecule has 3 aliphatic rings. The molecule has 1 aliphatic carbocycles. The highest BCUT2D eigenvalue weighted by atomic mass is 16.5. The molecule has 3 nitrogen and oxygen atoms in total. The van der Waals surface area contributed by atoms with Gasteiger partial charge in [-0.1, -0.05) is 0 Å². The first-order chi connectivity index (χ1) is 5.33. The molecule has 2 heterocycles. The fourth-order valence-corrected chi connectivity index (χ4v) is 2.07. The van der Waals surface area contributed by atoms with Crippen LogP contribution < -0.4 is 5.32 Å². The van der Waals surface area contributed by atoms with Crippen LogP contribution in [-0.4, -0.2) is 25.2 Å². The minimum Gasteiger partial charge on any atom is -0.466 e. The zero-order chi connectivity index (χ0) is 7.84. The van der Waals surface area contributed by atoms with Crippen LogP contribution in [0, 0.1) is 11.8 Å².